The van der Waals surface area contributed by atoms with Crippen molar-refractivity contribution < 1.29 is 9.47 Å². The number of benzene rings is 1. The zero-order valence-electron chi connectivity index (χ0n) is 15.7. The Morgan fingerprint density at radius 3 is 2.92 bits per heavy atom. The minimum absolute atomic E-state index is 0.200. The van der Waals surface area contributed by atoms with Gasteiger partial charge < -0.3 is 14.8 Å². The largest absolute Gasteiger partial charge is 0.377 e. The maximum Gasteiger partial charge on any atom is 0.116 e. The lowest BCUT2D eigenvalue weighted by Gasteiger charge is -2.42. The Bertz CT molecular complexity index is 548. The van der Waals surface area contributed by atoms with Crippen molar-refractivity contribution >= 4 is 5.57 Å². The van der Waals surface area contributed by atoms with E-state index in [0.717, 1.165) is 52.4 Å². The summed E-state index contributed by atoms with van der Waals surface area (Å²) in [4.78, 5) is 2.53. The van der Waals surface area contributed by atoms with Gasteiger partial charge in [0, 0.05) is 32.7 Å². The predicted octanol–water partition coefficient (Wildman–Crippen LogP) is 2.81. The maximum atomic E-state index is 6.15. The number of hydrogen-bond donors (Lipinski definition) is 1. The molecule has 1 N–H and O–H groups in total. The molecule has 2 fully saturated rings. The highest BCUT2D eigenvalue weighted by Gasteiger charge is 2.38. The third kappa shape index (κ3) is 5.38. The molecular formula is C21H32N2O2. The van der Waals surface area contributed by atoms with Gasteiger partial charge in [0.2, 0.25) is 0 Å². The van der Waals surface area contributed by atoms with Crippen molar-refractivity contribution in [1.82, 2.24) is 10.2 Å². The van der Waals surface area contributed by atoms with Crippen molar-refractivity contribution in [2.24, 2.45) is 5.92 Å². The van der Waals surface area contributed by atoms with Crippen molar-refractivity contribution in [3.63, 3.8) is 0 Å². The van der Waals surface area contributed by atoms with Crippen LogP contribution in [-0.2, 0) is 9.47 Å². The monoisotopic (exact) mass is 344 g/mol. The smallest absolute Gasteiger partial charge is 0.116 e. The Labute approximate surface area is 152 Å². The van der Waals surface area contributed by atoms with E-state index in [-0.39, 0.29) is 5.60 Å². The molecule has 1 atom stereocenters. The van der Waals surface area contributed by atoms with E-state index in [1.807, 2.05) is 0 Å². The molecule has 25 heavy (non-hydrogen) atoms. The molecule has 0 aromatic heterocycles. The van der Waals surface area contributed by atoms with Crippen LogP contribution in [-0.4, -0.2) is 63.0 Å². The van der Waals surface area contributed by atoms with Gasteiger partial charge in [-0.2, -0.15) is 0 Å². The Balaban J connectivity index is 1.71. The van der Waals surface area contributed by atoms with Crippen LogP contribution in [0.4, 0.5) is 0 Å². The molecule has 1 spiro atoms. The molecular weight excluding hydrogens is 312 g/mol. The summed E-state index contributed by atoms with van der Waals surface area (Å²) in [6.45, 7) is 11.4. The molecule has 0 bridgehead atoms. The Morgan fingerprint density at radius 2 is 2.12 bits per heavy atom. The summed E-state index contributed by atoms with van der Waals surface area (Å²) in [5, 5.41) is 3.46. The third-order valence-electron chi connectivity index (χ3n) is 4.94. The van der Waals surface area contributed by atoms with Gasteiger partial charge in [0.25, 0.3) is 0 Å². The number of hydrogen-bond acceptors (Lipinski definition) is 4. The average Bonchev–Trinajstić information content (AvgIpc) is 2.85. The zero-order valence-corrected chi connectivity index (χ0v) is 15.7. The molecule has 3 rings (SSSR count). The van der Waals surface area contributed by atoms with Gasteiger partial charge in [0.15, 0.2) is 0 Å². The summed E-state index contributed by atoms with van der Waals surface area (Å²) in [7, 11) is 0. The van der Waals surface area contributed by atoms with Gasteiger partial charge in [0.1, 0.15) is 5.60 Å². The van der Waals surface area contributed by atoms with Gasteiger partial charge >= 0.3 is 0 Å². The molecule has 0 unspecified atom stereocenters. The van der Waals surface area contributed by atoms with E-state index in [9.17, 15) is 0 Å². The zero-order chi connectivity index (χ0) is 17.5. The molecule has 0 aliphatic carbocycles. The third-order valence-corrected chi connectivity index (χ3v) is 4.94. The topological polar surface area (TPSA) is 33.7 Å². The van der Waals surface area contributed by atoms with E-state index >= 15 is 0 Å². The molecule has 2 heterocycles. The second-order valence-electron chi connectivity index (χ2n) is 7.70. The van der Waals surface area contributed by atoms with Crippen molar-refractivity contribution in [3.8, 4) is 0 Å². The second kappa shape index (κ2) is 8.95. The quantitative estimate of drug-likeness (QED) is 0.891. The van der Waals surface area contributed by atoms with Crippen LogP contribution in [0.25, 0.3) is 5.57 Å². The molecule has 1 aromatic carbocycles. The first kappa shape index (κ1) is 18.6. The number of ether oxygens (including phenoxy) is 2. The van der Waals surface area contributed by atoms with Gasteiger partial charge in [-0.1, -0.05) is 50.3 Å². The molecule has 2 saturated heterocycles. The standard InChI is InChI=1S/C21H32N2O2/c1-18(2)8-9-20(19-6-4-3-5-7-19)14-23-11-13-25-21(16-23)15-22-10-12-24-17-21/h3-7,9,18,22H,8,10-17H2,1-2H3/b20-9+/t21-/m0/s1. The highest BCUT2D eigenvalue weighted by molar-refractivity contribution is 5.66. The van der Waals surface area contributed by atoms with Crippen LogP contribution in [0.1, 0.15) is 25.8 Å². The van der Waals surface area contributed by atoms with Crippen molar-refractivity contribution in [1.29, 1.82) is 0 Å². The van der Waals surface area contributed by atoms with Gasteiger partial charge in [-0.25, -0.2) is 0 Å². The van der Waals surface area contributed by atoms with E-state index in [1.54, 1.807) is 0 Å². The van der Waals surface area contributed by atoms with Crippen LogP contribution in [0.5, 0.6) is 0 Å². The molecule has 0 radical (unpaired) electrons. The Kier molecular flexibility index (Phi) is 6.65. The summed E-state index contributed by atoms with van der Waals surface area (Å²) < 4.78 is 11.9. The van der Waals surface area contributed by atoms with Gasteiger partial charge in [-0.15, -0.1) is 0 Å². The van der Waals surface area contributed by atoms with Gasteiger partial charge in [-0.3, -0.25) is 4.90 Å². The summed E-state index contributed by atoms with van der Waals surface area (Å²) in [6.07, 6.45) is 3.54. The van der Waals surface area contributed by atoms with Crippen molar-refractivity contribution in [2.75, 3.05) is 52.5 Å². The molecule has 138 valence electrons. The fraction of sp³-hybridized carbons (Fsp3) is 0.619. The molecule has 2 aliphatic rings. The summed E-state index contributed by atoms with van der Waals surface area (Å²) in [5.41, 5.74) is 2.56. The second-order valence-corrected chi connectivity index (χ2v) is 7.70. The lowest BCUT2D eigenvalue weighted by Crippen LogP contribution is -2.58. The molecule has 1 aromatic rings. The van der Waals surface area contributed by atoms with E-state index < -0.39 is 0 Å². The lowest BCUT2D eigenvalue weighted by molar-refractivity contribution is -0.131. The minimum atomic E-state index is -0.200. The first-order valence-corrected chi connectivity index (χ1v) is 9.56. The summed E-state index contributed by atoms with van der Waals surface area (Å²) in [5.74, 6) is 0.675. The lowest BCUT2D eigenvalue weighted by atomic mass is 9.98. The first-order chi connectivity index (χ1) is 12.2. The van der Waals surface area contributed by atoms with Crippen LogP contribution in [0.3, 0.4) is 0 Å². The average molecular weight is 344 g/mol. The fourth-order valence-electron chi connectivity index (χ4n) is 3.57. The van der Waals surface area contributed by atoms with Crippen LogP contribution >= 0.6 is 0 Å². The number of rotatable bonds is 5. The summed E-state index contributed by atoms with van der Waals surface area (Å²) >= 11 is 0. The Hall–Kier alpha value is -1.20. The number of nitrogens with one attached hydrogen (secondary N) is 1. The number of morpholine rings is 1. The van der Waals surface area contributed by atoms with E-state index in [2.05, 4.69) is 60.5 Å². The van der Waals surface area contributed by atoms with Crippen LogP contribution in [0.15, 0.2) is 36.4 Å². The fourth-order valence-corrected chi connectivity index (χ4v) is 3.57. The SMILES string of the molecule is CC(C)C/C=C(\CN1CCO[C@@]2(CNCCOC2)C1)c1ccccc1. The molecule has 4 nitrogen and oxygen atoms in total. The number of allylic oxidation sites excluding steroid dienone is 1. The molecule has 0 saturated carbocycles. The molecule has 0 amide bonds. The van der Waals surface area contributed by atoms with Gasteiger partial charge in [-0.05, 0) is 23.5 Å². The van der Waals surface area contributed by atoms with E-state index in [1.165, 1.54) is 11.1 Å². The van der Waals surface area contributed by atoms with Crippen molar-refractivity contribution in [3.05, 3.63) is 42.0 Å². The van der Waals surface area contributed by atoms with E-state index in [0.29, 0.717) is 12.5 Å². The normalized spacial score (nSPS) is 26.1. The van der Waals surface area contributed by atoms with Crippen LogP contribution in [0.2, 0.25) is 0 Å². The molecule has 2 aliphatic heterocycles. The molecule has 4 heteroatoms. The van der Waals surface area contributed by atoms with Gasteiger partial charge in [0.05, 0.1) is 19.8 Å². The Morgan fingerprint density at radius 1 is 1.28 bits per heavy atom. The number of nitrogens with zero attached hydrogens (tertiary/aromatic N) is 1. The highest BCUT2D eigenvalue weighted by atomic mass is 16.5. The predicted molar refractivity (Wildman–Crippen MR) is 103 cm³/mol. The van der Waals surface area contributed by atoms with E-state index in [4.69, 9.17) is 9.47 Å². The summed E-state index contributed by atoms with van der Waals surface area (Å²) in [6, 6.07) is 10.8. The first-order valence-electron chi connectivity index (χ1n) is 9.56. The van der Waals surface area contributed by atoms with Crippen molar-refractivity contribution in [2.45, 2.75) is 25.9 Å². The maximum absolute atomic E-state index is 6.15. The van der Waals surface area contributed by atoms with Crippen LogP contribution < -0.4 is 5.32 Å². The highest BCUT2D eigenvalue weighted by Crippen LogP contribution is 2.24. The minimum Gasteiger partial charge on any atom is -0.377 e. The van der Waals surface area contributed by atoms with Crippen LogP contribution in [0, 0.1) is 5.92 Å².